The number of unbranched alkanes of at least 4 members (excludes halogenated alkanes) is 25. The molecule has 1 nitrogen and oxygen atoms in total. The average molecular weight is 477 g/mol. The van der Waals surface area contributed by atoms with Crippen LogP contribution in [0.3, 0.4) is 0 Å². The molecule has 1 aliphatic rings. The van der Waals surface area contributed by atoms with E-state index in [2.05, 4.69) is 12.2 Å². The highest BCUT2D eigenvalue weighted by Gasteiger charge is 2.11. The fourth-order valence-corrected chi connectivity index (χ4v) is 5.85. The van der Waals surface area contributed by atoms with Crippen LogP contribution in [0.1, 0.15) is 186 Å². The minimum atomic E-state index is 1.04. The molecule has 0 spiro atoms. The van der Waals surface area contributed by atoms with E-state index in [1.165, 1.54) is 193 Å². The van der Waals surface area contributed by atoms with Gasteiger partial charge in [-0.2, -0.15) is 0 Å². The molecule has 0 aromatic heterocycles. The van der Waals surface area contributed by atoms with Crippen LogP contribution in [0.2, 0.25) is 0 Å². The molecule has 0 unspecified atom stereocenters. The summed E-state index contributed by atoms with van der Waals surface area (Å²) in [6, 6.07) is 0. The smallest absolute Gasteiger partial charge is 0.00463 e. The summed E-state index contributed by atoms with van der Waals surface area (Å²) in [6.07, 6.45) is 42.4. The van der Waals surface area contributed by atoms with Crippen LogP contribution in [-0.4, -0.2) is 13.1 Å². The summed E-state index contributed by atoms with van der Waals surface area (Å²) >= 11 is 0. The first-order valence-electron chi connectivity index (χ1n) is 16.4. The van der Waals surface area contributed by atoms with Gasteiger partial charge in [0.1, 0.15) is 0 Å². The molecule has 34 heavy (non-hydrogen) atoms. The van der Waals surface area contributed by atoms with Gasteiger partial charge in [0.05, 0.1) is 0 Å². The summed E-state index contributed by atoms with van der Waals surface area (Å²) in [5, 5.41) is 3.48. The molecule has 0 aromatic rings. The maximum absolute atomic E-state index is 3.92. The second kappa shape index (κ2) is 27.5. The van der Waals surface area contributed by atoms with Crippen molar-refractivity contribution in [3.8, 4) is 0 Å². The number of piperidine rings is 1. The van der Waals surface area contributed by atoms with Crippen molar-refractivity contribution in [2.24, 2.45) is 5.92 Å². The van der Waals surface area contributed by atoms with E-state index < -0.39 is 0 Å². The highest BCUT2D eigenvalue weighted by Crippen LogP contribution is 2.20. The zero-order valence-electron chi connectivity index (χ0n) is 23.7. The van der Waals surface area contributed by atoms with Crippen molar-refractivity contribution >= 4 is 0 Å². The van der Waals surface area contributed by atoms with Crippen molar-refractivity contribution in [1.29, 1.82) is 0 Å². The molecule has 0 aliphatic carbocycles. The first-order chi connectivity index (χ1) is 16.9. The zero-order chi connectivity index (χ0) is 24.2. The fourth-order valence-electron chi connectivity index (χ4n) is 5.85. The molecular weight excluding hydrogens is 410 g/mol. The summed E-state index contributed by atoms with van der Waals surface area (Å²) < 4.78 is 0. The van der Waals surface area contributed by atoms with E-state index in [0.717, 1.165) is 12.3 Å². The third-order valence-corrected chi connectivity index (χ3v) is 8.32. The predicted molar refractivity (Wildman–Crippen MR) is 156 cm³/mol. The first-order valence-corrected chi connectivity index (χ1v) is 16.4. The topological polar surface area (TPSA) is 12.0 Å². The summed E-state index contributed by atoms with van der Waals surface area (Å²) in [5.41, 5.74) is 0. The lowest BCUT2D eigenvalue weighted by Gasteiger charge is -2.22. The van der Waals surface area contributed by atoms with Crippen LogP contribution in [0.4, 0.5) is 0 Å². The minimum Gasteiger partial charge on any atom is -0.317 e. The lowest BCUT2D eigenvalue weighted by molar-refractivity contribution is 0.342. The summed E-state index contributed by atoms with van der Waals surface area (Å²) in [4.78, 5) is 0. The van der Waals surface area contributed by atoms with E-state index in [9.17, 15) is 0 Å². The van der Waals surface area contributed by atoms with Crippen molar-refractivity contribution < 1.29 is 0 Å². The molecule has 1 heteroatoms. The van der Waals surface area contributed by atoms with Gasteiger partial charge >= 0.3 is 0 Å². The Kier molecular flexibility index (Phi) is 25.9. The average Bonchev–Trinajstić information content (AvgIpc) is 2.87. The Bertz CT molecular complexity index is 360. The molecule has 1 saturated heterocycles. The Hall–Kier alpha value is -0.0400. The number of rotatable bonds is 27. The Balaban J connectivity index is 1.61. The van der Waals surface area contributed by atoms with Crippen LogP contribution < -0.4 is 5.32 Å². The predicted octanol–water partition coefficient (Wildman–Crippen LogP) is 11.4. The molecule has 1 rings (SSSR count). The third-order valence-electron chi connectivity index (χ3n) is 8.32. The molecule has 203 valence electrons. The summed E-state index contributed by atoms with van der Waals surface area (Å²) in [5.74, 6) is 1.04. The molecule has 0 atom stereocenters. The zero-order valence-corrected chi connectivity index (χ0v) is 23.7. The van der Waals surface area contributed by atoms with Gasteiger partial charge in [0.15, 0.2) is 0 Å². The van der Waals surface area contributed by atoms with Crippen LogP contribution in [-0.2, 0) is 0 Å². The van der Waals surface area contributed by atoms with E-state index in [0.29, 0.717) is 0 Å². The largest absolute Gasteiger partial charge is 0.317 e. The van der Waals surface area contributed by atoms with Crippen LogP contribution in [0.25, 0.3) is 0 Å². The molecule has 0 saturated carbocycles. The first kappa shape index (κ1) is 32.0. The molecule has 0 aromatic carbocycles. The van der Waals surface area contributed by atoms with Crippen LogP contribution in [0.15, 0.2) is 0 Å². The lowest BCUT2D eigenvalue weighted by Crippen LogP contribution is -2.27. The molecule has 1 radical (unpaired) electrons. The Morgan fingerprint density at radius 1 is 0.382 bits per heavy atom. The van der Waals surface area contributed by atoms with Gasteiger partial charge < -0.3 is 5.32 Å². The monoisotopic (exact) mass is 477 g/mol. The second-order valence-electron chi connectivity index (χ2n) is 11.7. The second-order valence-corrected chi connectivity index (χ2v) is 11.7. The summed E-state index contributed by atoms with van der Waals surface area (Å²) in [7, 11) is 0. The van der Waals surface area contributed by atoms with Gasteiger partial charge in [-0.05, 0) is 31.8 Å². The quantitative estimate of drug-likeness (QED) is 0.116. The van der Waals surface area contributed by atoms with Crippen LogP contribution in [0.5, 0.6) is 0 Å². The lowest BCUT2D eigenvalue weighted by atomic mass is 9.92. The standard InChI is InChI=1S/C33H66N/c1-2-3-4-5-6-7-8-9-10-11-12-13-14-15-16-17-18-19-20-21-22-23-24-25-26-27-28-33-29-31-34-32-30-33/h33-34H,1-32H2. The van der Waals surface area contributed by atoms with Crippen LogP contribution >= 0.6 is 0 Å². The normalized spacial score (nSPS) is 14.7. The highest BCUT2D eigenvalue weighted by molar-refractivity contribution is 4.68. The van der Waals surface area contributed by atoms with E-state index >= 15 is 0 Å². The molecule has 1 aliphatic heterocycles. The number of nitrogens with one attached hydrogen (secondary N) is 1. The molecule has 1 N–H and O–H groups in total. The van der Waals surface area contributed by atoms with Crippen molar-refractivity contribution in [3.63, 3.8) is 0 Å². The highest BCUT2D eigenvalue weighted by atomic mass is 14.9. The molecule has 1 heterocycles. The number of hydrogen-bond acceptors (Lipinski definition) is 1. The van der Waals surface area contributed by atoms with Gasteiger partial charge in [-0.15, -0.1) is 0 Å². The van der Waals surface area contributed by atoms with Crippen LogP contribution in [0, 0.1) is 12.8 Å². The van der Waals surface area contributed by atoms with Gasteiger partial charge in [0.25, 0.3) is 0 Å². The van der Waals surface area contributed by atoms with Crippen molar-refractivity contribution in [2.75, 3.05) is 13.1 Å². The van der Waals surface area contributed by atoms with Gasteiger partial charge in [0.2, 0.25) is 0 Å². The Morgan fingerprint density at radius 2 is 0.647 bits per heavy atom. The van der Waals surface area contributed by atoms with Gasteiger partial charge in [-0.1, -0.05) is 180 Å². The van der Waals surface area contributed by atoms with Crippen molar-refractivity contribution in [3.05, 3.63) is 6.92 Å². The Morgan fingerprint density at radius 3 is 0.941 bits per heavy atom. The van der Waals surface area contributed by atoms with Gasteiger partial charge in [-0.25, -0.2) is 0 Å². The third kappa shape index (κ3) is 23.7. The van der Waals surface area contributed by atoms with Crippen molar-refractivity contribution in [1.82, 2.24) is 5.32 Å². The van der Waals surface area contributed by atoms with E-state index in [1.807, 2.05) is 0 Å². The Labute approximate surface area is 217 Å². The van der Waals surface area contributed by atoms with E-state index in [1.54, 1.807) is 0 Å². The molecule has 1 fully saturated rings. The van der Waals surface area contributed by atoms with Crippen molar-refractivity contribution in [2.45, 2.75) is 186 Å². The van der Waals surface area contributed by atoms with Gasteiger partial charge in [-0.3, -0.25) is 0 Å². The SMILES string of the molecule is [CH2]CCCCCCCCCCCCCCCCCCCCCCCCCCCC1CCNCC1. The minimum absolute atomic E-state index is 1.04. The van der Waals surface area contributed by atoms with Gasteiger partial charge in [0, 0.05) is 0 Å². The van der Waals surface area contributed by atoms with E-state index in [4.69, 9.17) is 0 Å². The molecule has 0 amide bonds. The molecular formula is C33H66N. The number of hydrogen-bond donors (Lipinski definition) is 1. The van der Waals surface area contributed by atoms with E-state index in [-0.39, 0.29) is 0 Å². The molecule has 0 bridgehead atoms. The fraction of sp³-hybridized carbons (Fsp3) is 0.970. The maximum Gasteiger partial charge on any atom is -0.00463 e. The maximum atomic E-state index is 3.92. The summed E-state index contributed by atoms with van der Waals surface area (Å²) in [6.45, 7) is 6.46.